The highest BCUT2D eigenvalue weighted by Crippen LogP contribution is 2.35. The standard InChI is InChI=1S/C14H20N2/c1-15-13-6-7-16(10-13)9-12-8-11-4-2-3-5-14(11)12/h2-5,12-13,15H,6-10H2,1H3. The van der Waals surface area contributed by atoms with Crippen LogP contribution in [0.3, 0.4) is 0 Å². The number of likely N-dealkylation sites (tertiary alicyclic amines) is 1. The molecule has 0 saturated carbocycles. The lowest BCUT2D eigenvalue weighted by atomic mass is 9.77. The van der Waals surface area contributed by atoms with E-state index in [9.17, 15) is 0 Å². The molecule has 2 atom stereocenters. The molecule has 86 valence electrons. The zero-order valence-electron chi connectivity index (χ0n) is 9.95. The second kappa shape index (κ2) is 4.19. The van der Waals surface area contributed by atoms with E-state index in [-0.39, 0.29) is 0 Å². The van der Waals surface area contributed by atoms with Gasteiger partial charge < -0.3 is 10.2 Å². The number of rotatable bonds is 3. The maximum absolute atomic E-state index is 3.38. The van der Waals surface area contributed by atoms with Crippen LogP contribution in [0, 0.1) is 0 Å². The van der Waals surface area contributed by atoms with Gasteiger partial charge in [0.1, 0.15) is 0 Å². The van der Waals surface area contributed by atoms with Gasteiger partial charge in [-0.25, -0.2) is 0 Å². The molecule has 1 aromatic carbocycles. The van der Waals surface area contributed by atoms with E-state index in [0.29, 0.717) is 0 Å². The Morgan fingerprint density at radius 1 is 1.38 bits per heavy atom. The minimum absolute atomic E-state index is 0.718. The van der Waals surface area contributed by atoms with Gasteiger partial charge in [-0.1, -0.05) is 24.3 Å². The summed E-state index contributed by atoms with van der Waals surface area (Å²) in [6, 6.07) is 9.62. The molecule has 0 radical (unpaired) electrons. The molecule has 2 aliphatic rings. The predicted molar refractivity (Wildman–Crippen MR) is 66.8 cm³/mol. The van der Waals surface area contributed by atoms with Crippen LogP contribution in [0.4, 0.5) is 0 Å². The molecule has 0 aromatic heterocycles. The zero-order chi connectivity index (χ0) is 11.0. The molecule has 2 heteroatoms. The molecule has 1 fully saturated rings. The van der Waals surface area contributed by atoms with Gasteiger partial charge in [0.2, 0.25) is 0 Å². The minimum atomic E-state index is 0.718. The molecule has 2 nitrogen and oxygen atoms in total. The molecular weight excluding hydrogens is 196 g/mol. The number of fused-ring (bicyclic) bond motifs is 1. The number of likely N-dealkylation sites (N-methyl/N-ethyl adjacent to an activating group) is 1. The van der Waals surface area contributed by atoms with Gasteiger partial charge in [0, 0.05) is 25.0 Å². The van der Waals surface area contributed by atoms with E-state index in [1.807, 2.05) is 0 Å². The van der Waals surface area contributed by atoms with E-state index in [0.717, 1.165) is 12.0 Å². The second-order valence-corrected chi connectivity index (χ2v) is 5.13. The molecule has 16 heavy (non-hydrogen) atoms. The molecular formula is C14H20N2. The Hall–Kier alpha value is -0.860. The maximum Gasteiger partial charge on any atom is 0.0204 e. The van der Waals surface area contributed by atoms with Crippen LogP contribution in [0.2, 0.25) is 0 Å². The number of nitrogens with one attached hydrogen (secondary N) is 1. The summed E-state index contributed by atoms with van der Waals surface area (Å²) < 4.78 is 0. The smallest absolute Gasteiger partial charge is 0.0204 e. The largest absolute Gasteiger partial charge is 0.316 e. The molecule has 0 amide bonds. The highest BCUT2D eigenvalue weighted by molar-refractivity contribution is 5.40. The summed E-state index contributed by atoms with van der Waals surface area (Å²) >= 11 is 0. The van der Waals surface area contributed by atoms with E-state index >= 15 is 0 Å². The lowest BCUT2D eigenvalue weighted by Crippen LogP contribution is -2.34. The van der Waals surface area contributed by atoms with Gasteiger partial charge in [0.05, 0.1) is 0 Å². The first kappa shape index (κ1) is 10.3. The first-order chi connectivity index (χ1) is 7.86. The number of benzene rings is 1. The monoisotopic (exact) mass is 216 g/mol. The fourth-order valence-corrected chi connectivity index (χ4v) is 3.07. The fourth-order valence-electron chi connectivity index (χ4n) is 3.07. The third kappa shape index (κ3) is 1.76. The minimum Gasteiger partial charge on any atom is -0.316 e. The Labute approximate surface area is 97.6 Å². The van der Waals surface area contributed by atoms with E-state index in [4.69, 9.17) is 0 Å². The molecule has 1 N–H and O–H groups in total. The molecule has 1 aromatic rings. The predicted octanol–water partition coefficient (Wildman–Crippen LogP) is 1.62. The lowest BCUT2D eigenvalue weighted by molar-refractivity contribution is 0.295. The first-order valence-electron chi connectivity index (χ1n) is 6.34. The number of hydrogen-bond donors (Lipinski definition) is 1. The average Bonchev–Trinajstić information content (AvgIpc) is 2.74. The molecule has 1 saturated heterocycles. The van der Waals surface area contributed by atoms with Crippen molar-refractivity contribution in [2.45, 2.75) is 24.8 Å². The van der Waals surface area contributed by atoms with Crippen molar-refractivity contribution in [2.24, 2.45) is 0 Å². The molecule has 1 aliphatic heterocycles. The Morgan fingerprint density at radius 3 is 3.00 bits per heavy atom. The average molecular weight is 216 g/mol. The van der Waals surface area contributed by atoms with Crippen LogP contribution in [0.1, 0.15) is 23.5 Å². The van der Waals surface area contributed by atoms with Crippen molar-refractivity contribution in [1.82, 2.24) is 10.2 Å². The van der Waals surface area contributed by atoms with Crippen molar-refractivity contribution in [2.75, 3.05) is 26.7 Å². The van der Waals surface area contributed by atoms with Gasteiger partial charge in [-0.05, 0) is 37.6 Å². The van der Waals surface area contributed by atoms with Crippen LogP contribution in [0.25, 0.3) is 0 Å². The van der Waals surface area contributed by atoms with Crippen molar-refractivity contribution in [3.05, 3.63) is 35.4 Å². The highest BCUT2D eigenvalue weighted by atomic mass is 15.2. The topological polar surface area (TPSA) is 15.3 Å². The lowest BCUT2D eigenvalue weighted by Gasteiger charge is -2.33. The van der Waals surface area contributed by atoms with Crippen LogP contribution in [-0.4, -0.2) is 37.6 Å². The Kier molecular flexibility index (Phi) is 2.70. The van der Waals surface area contributed by atoms with E-state index in [1.165, 1.54) is 32.5 Å². The molecule has 0 spiro atoms. The maximum atomic E-state index is 3.38. The SMILES string of the molecule is CNC1CCN(CC2Cc3ccccc32)C1. The van der Waals surface area contributed by atoms with E-state index in [2.05, 4.69) is 41.5 Å². The van der Waals surface area contributed by atoms with Crippen molar-refractivity contribution < 1.29 is 0 Å². The third-order valence-corrected chi connectivity index (χ3v) is 4.12. The van der Waals surface area contributed by atoms with Gasteiger partial charge in [0.25, 0.3) is 0 Å². The zero-order valence-corrected chi connectivity index (χ0v) is 9.95. The van der Waals surface area contributed by atoms with Crippen LogP contribution in [0.15, 0.2) is 24.3 Å². The van der Waals surface area contributed by atoms with E-state index < -0.39 is 0 Å². The van der Waals surface area contributed by atoms with Gasteiger partial charge in [-0.15, -0.1) is 0 Å². The summed E-state index contributed by atoms with van der Waals surface area (Å²) in [6.45, 7) is 3.76. The third-order valence-electron chi connectivity index (χ3n) is 4.12. The second-order valence-electron chi connectivity index (χ2n) is 5.13. The van der Waals surface area contributed by atoms with Gasteiger partial charge in [-0.2, -0.15) is 0 Å². The quantitative estimate of drug-likeness (QED) is 0.826. The summed E-state index contributed by atoms with van der Waals surface area (Å²) in [6.07, 6.45) is 2.60. The molecule has 1 heterocycles. The summed E-state index contributed by atoms with van der Waals surface area (Å²) in [5.41, 5.74) is 3.16. The Bertz CT molecular complexity index is 375. The van der Waals surface area contributed by atoms with Crippen LogP contribution in [0.5, 0.6) is 0 Å². The van der Waals surface area contributed by atoms with Gasteiger partial charge in [-0.3, -0.25) is 0 Å². The molecule has 2 unspecified atom stereocenters. The first-order valence-corrected chi connectivity index (χ1v) is 6.34. The number of hydrogen-bond acceptors (Lipinski definition) is 2. The van der Waals surface area contributed by atoms with Crippen molar-refractivity contribution in [3.8, 4) is 0 Å². The normalized spacial score (nSPS) is 28.8. The van der Waals surface area contributed by atoms with Gasteiger partial charge >= 0.3 is 0 Å². The molecule has 0 bridgehead atoms. The molecule has 1 aliphatic carbocycles. The fraction of sp³-hybridized carbons (Fsp3) is 0.571. The summed E-state index contributed by atoms with van der Waals surface area (Å²) in [7, 11) is 2.08. The van der Waals surface area contributed by atoms with Crippen LogP contribution < -0.4 is 5.32 Å². The Morgan fingerprint density at radius 2 is 2.25 bits per heavy atom. The summed E-state index contributed by atoms with van der Waals surface area (Å²) in [5.74, 6) is 0.798. The van der Waals surface area contributed by atoms with Crippen molar-refractivity contribution in [3.63, 3.8) is 0 Å². The van der Waals surface area contributed by atoms with Crippen LogP contribution >= 0.6 is 0 Å². The summed E-state index contributed by atoms with van der Waals surface area (Å²) in [4.78, 5) is 2.61. The highest BCUT2D eigenvalue weighted by Gasteiger charge is 2.29. The Balaban J connectivity index is 1.59. The summed E-state index contributed by atoms with van der Waals surface area (Å²) in [5, 5.41) is 3.38. The van der Waals surface area contributed by atoms with Crippen molar-refractivity contribution in [1.29, 1.82) is 0 Å². The van der Waals surface area contributed by atoms with E-state index in [1.54, 1.807) is 11.1 Å². The van der Waals surface area contributed by atoms with Crippen LogP contribution in [-0.2, 0) is 6.42 Å². The molecule has 3 rings (SSSR count). The number of nitrogens with zero attached hydrogens (tertiary/aromatic N) is 1. The van der Waals surface area contributed by atoms with Gasteiger partial charge in [0.15, 0.2) is 0 Å². The van der Waals surface area contributed by atoms with Crippen molar-refractivity contribution >= 4 is 0 Å².